The molecule has 2 aromatic rings. The molecule has 0 bridgehead atoms. The van der Waals surface area contributed by atoms with E-state index in [0.717, 1.165) is 31.6 Å². The molecule has 1 aromatic heterocycles. The van der Waals surface area contributed by atoms with E-state index in [4.69, 9.17) is 14.7 Å². The number of fused-ring (bicyclic) bond motifs is 3. The van der Waals surface area contributed by atoms with Crippen molar-refractivity contribution in [2.45, 2.75) is 50.2 Å². The summed E-state index contributed by atoms with van der Waals surface area (Å²) < 4.78 is 18.9. The maximum atomic E-state index is 12.6. The van der Waals surface area contributed by atoms with Crippen LogP contribution in [0.2, 0.25) is 0 Å². The highest BCUT2D eigenvalue weighted by atomic mass is 32.2. The quantitative estimate of drug-likeness (QED) is 0.580. The highest BCUT2D eigenvalue weighted by Gasteiger charge is 2.43. The van der Waals surface area contributed by atoms with Crippen LogP contribution in [-0.2, 0) is 34.5 Å². The Bertz CT molecular complexity index is 1020. The molecule has 0 radical (unpaired) electrons. The van der Waals surface area contributed by atoms with Crippen LogP contribution >= 0.6 is 0 Å². The van der Waals surface area contributed by atoms with Crippen LogP contribution in [0.5, 0.6) is 0 Å². The highest BCUT2D eigenvalue weighted by molar-refractivity contribution is 7.91. The van der Waals surface area contributed by atoms with Crippen LogP contribution in [0.3, 0.4) is 0 Å². The molecular weight excluding hydrogens is 412 g/mol. The lowest BCUT2D eigenvalue weighted by molar-refractivity contribution is -0.0552. The summed E-state index contributed by atoms with van der Waals surface area (Å²) >= 11 is -1.14. The molecule has 3 aliphatic rings. The van der Waals surface area contributed by atoms with E-state index in [-0.39, 0.29) is 18.1 Å². The third-order valence-electron chi connectivity index (χ3n) is 6.60. The lowest BCUT2D eigenvalue weighted by Gasteiger charge is -2.39. The zero-order chi connectivity index (χ0) is 21.6. The van der Waals surface area contributed by atoms with Gasteiger partial charge in [-0.25, -0.2) is 9.98 Å². The van der Waals surface area contributed by atoms with Crippen molar-refractivity contribution in [3.63, 3.8) is 0 Å². The maximum absolute atomic E-state index is 12.6. The molecule has 1 unspecified atom stereocenters. The van der Waals surface area contributed by atoms with Crippen molar-refractivity contribution < 1.29 is 14.4 Å². The van der Waals surface area contributed by atoms with Gasteiger partial charge in [0.15, 0.2) is 0 Å². The predicted molar refractivity (Wildman–Crippen MR) is 120 cm³/mol. The number of benzene rings is 1. The zero-order valence-corrected chi connectivity index (χ0v) is 18.8. The van der Waals surface area contributed by atoms with E-state index in [2.05, 4.69) is 34.2 Å². The molecule has 1 saturated heterocycles. The number of nitrogens with zero attached hydrogens (tertiary/aromatic N) is 4. The summed E-state index contributed by atoms with van der Waals surface area (Å²) in [6, 6.07) is 8.49. The summed E-state index contributed by atoms with van der Waals surface area (Å²) in [5, 5.41) is 9.71. The number of hydrogen-bond donors (Lipinski definition) is 1. The third-order valence-corrected chi connectivity index (χ3v) is 8.05. The molecule has 1 fully saturated rings. The van der Waals surface area contributed by atoms with E-state index in [0.29, 0.717) is 41.2 Å². The van der Waals surface area contributed by atoms with Gasteiger partial charge in [0.2, 0.25) is 16.7 Å². The molecule has 1 atom stereocenters. The first-order valence-corrected chi connectivity index (χ1v) is 12.3. The summed E-state index contributed by atoms with van der Waals surface area (Å²) in [4.78, 5) is 17.0. The monoisotopic (exact) mass is 440 g/mol. The minimum Gasteiger partial charge on any atom is -0.611 e. The first-order valence-electron chi connectivity index (χ1n) is 11.0. The predicted octanol–water partition coefficient (Wildman–Crippen LogP) is 2.89. The van der Waals surface area contributed by atoms with Crippen LogP contribution in [0.15, 0.2) is 34.2 Å². The Hall–Kier alpha value is -2.00. The zero-order valence-electron chi connectivity index (χ0n) is 18.0. The van der Waals surface area contributed by atoms with Crippen molar-refractivity contribution in [2.75, 3.05) is 30.3 Å². The Labute approximate surface area is 185 Å². The van der Waals surface area contributed by atoms with Crippen LogP contribution < -0.4 is 4.90 Å². The number of aliphatic imine (C=N–C) groups is 1. The molecule has 3 aliphatic heterocycles. The Balaban J connectivity index is 1.44. The van der Waals surface area contributed by atoms with Gasteiger partial charge in [-0.05, 0) is 41.1 Å². The number of aryl methyl sites for hydroxylation is 1. The minimum atomic E-state index is -1.14. The Morgan fingerprint density at radius 1 is 1.29 bits per heavy atom. The fraction of sp³-hybridized carbons (Fsp3) is 0.522. The van der Waals surface area contributed by atoms with Crippen molar-refractivity contribution in [3.8, 4) is 0 Å². The van der Waals surface area contributed by atoms with E-state index in [9.17, 15) is 9.66 Å². The molecule has 31 heavy (non-hydrogen) atoms. The number of anilines is 1. The highest BCUT2D eigenvalue weighted by Crippen LogP contribution is 2.44. The molecule has 7 nitrogen and oxygen atoms in total. The molecule has 1 aromatic carbocycles. The van der Waals surface area contributed by atoms with E-state index >= 15 is 0 Å². The van der Waals surface area contributed by atoms with Gasteiger partial charge in [-0.1, -0.05) is 38.1 Å². The normalized spacial score (nSPS) is 22.3. The van der Waals surface area contributed by atoms with E-state index < -0.39 is 11.2 Å². The Morgan fingerprint density at radius 3 is 2.81 bits per heavy atom. The number of rotatable bonds is 4. The first kappa shape index (κ1) is 20.9. The second kappa shape index (κ2) is 8.16. The van der Waals surface area contributed by atoms with E-state index in [1.54, 1.807) is 0 Å². The van der Waals surface area contributed by atoms with Crippen molar-refractivity contribution in [1.29, 1.82) is 0 Å². The number of hydrogen-bond acceptors (Lipinski definition) is 7. The van der Waals surface area contributed by atoms with Gasteiger partial charge in [-0.2, -0.15) is 4.98 Å². The number of aromatic nitrogens is 2. The Kier molecular flexibility index (Phi) is 5.50. The lowest BCUT2D eigenvalue weighted by atomic mass is 9.84. The average Bonchev–Trinajstić information content (AvgIpc) is 3.33. The summed E-state index contributed by atoms with van der Waals surface area (Å²) in [7, 11) is 0. The third kappa shape index (κ3) is 3.65. The van der Waals surface area contributed by atoms with Gasteiger partial charge in [-0.3, -0.25) is 0 Å². The van der Waals surface area contributed by atoms with Crippen LogP contribution in [0, 0.1) is 5.92 Å². The molecule has 164 valence electrons. The fourth-order valence-electron chi connectivity index (χ4n) is 4.73. The Morgan fingerprint density at radius 2 is 2.06 bits per heavy atom. The second-order valence-corrected chi connectivity index (χ2v) is 10.3. The molecule has 5 rings (SSSR count). The van der Waals surface area contributed by atoms with Crippen molar-refractivity contribution in [2.24, 2.45) is 10.9 Å². The summed E-state index contributed by atoms with van der Waals surface area (Å²) in [5.41, 5.74) is 3.85. The van der Waals surface area contributed by atoms with Gasteiger partial charge in [0.05, 0.1) is 18.8 Å². The van der Waals surface area contributed by atoms with Gasteiger partial charge in [-0.15, -0.1) is 0 Å². The fourth-order valence-corrected chi connectivity index (χ4v) is 6.02. The number of piperidine rings is 1. The summed E-state index contributed by atoms with van der Waals surface area (Å²) in [6.07, 6.45) is 2.43. The van der Waals surface area contributed by atoms with E-state index in [1.165, 1.54) is 11.1 Å². The van der Waals surface area contributed by atoms with Gasteiger partial charge in [0, 0.05) is 25.2 Å². The average molecular weight is 441 g/mol. The molecular formula is C23H28N4O3S. The van der Waals surface area contributed by atoms with E-state index in [1.807, 2.05) is 13.8 Å². The van der Waals surface area contributed by atoms with Crippen molar-refractivity contribution in [3.05, 3.63) is 41.1 Å². The van der Waals surface area contributed by atoms with Crippen LogP contribution in [0.4, 0.5) is 11.8 Å². The molecule has 0 amide bonds. The van der Waals surface area contributed by atoms with Crippen molar-refractivity contribution in [1.82, 2.24) is 9.97 Å². The molecule has 0 aliphatic carbocycles. The lowest BCUT2D eigenvalue weighted by Crippen LogP contribution is -2.43. The molecule has 8 heteroatoms. The van der Waals surface area contributed by atoms with Gasteiger partial charge < -0.3 is 19.3 Å². The molecule has 1 N–H and O–H groups in total. The first-order chi connectivity index (χ1) is 15.0. The second-order valence-electron chi connectivity index (χ2n) is 8.77. The maximum Gasteiger partial charge on any atom is 0.227 e. The van der Waals surface area contributed by atoms with Crippen LogP contribution in [-0.4, -0.2) is 50.8 Å². The molecule has 0 saturated carbocycles. The van der Waals surface area contributed by atoms with Crippen molar-refractivity contribution >= 4 is 28.7 Å². The van der Waals surface area contributed by atoms with Crippen LogP contribution in [0.25, 0.3) is 0 Å². The molecule has 1 spiro atoms. The SMILES string of the molecule is CC(C)/C(CO)=N/c1nc(N2CCC3(CC2)OCc2ccccc23)nc2c1[S+]([O-])CC2. The summed E-state index contributed by atoms with van der Waals surface area (Å²) in [6.45, 7) is 6.08. The minimum absolute atomic E-state index is 0.0864. The smallest absolute Gasteiger partial charge is 0.227 e. The summed E-state index contributed by atoms with van der Waals surface area (Å²) in [5.74, 6) is 1.73. The topological polar surface area (TPSA) is 93.9 Å². The van der Waals surface area contributed by atoms with Gasteiger partial charge in [0.1, 0.15) is 11.4 Å². The number of aliphatic hydroxyl groups is 1. The number of ether oxygens (including phenoxy) is 1. The largest absolute Gasteiger partial charge is 0.611 e. The number of aliphatic hydroxyl groups excluding tert-OH is 1. The van der Waals surface area contributed by atoms with Crippen LogP contribution in [0.1, 0.15) is 43.5 Å². The molecule has 4 heterocycles. The van der Waals surface area contributed by atoms with Gasteiger partial charge >= 0.3 is 0 Å². The standard InChI is InChI=1S/C23H28N4O3S/c1-15(2)19(13-28)24-21-20-18(7-12-31(20)29)25-22(26-21)27-10-8-23(9-11-27)17-6-4-3-5-16(17)14-30-23/h3-6,15,28H,7-14H2,1-2H3/b24-19+. The van der Waals surface area contributed by atoms with Gasteiger partial charge in [0.25, 0.3) is 0 Å².